The topological polar surface area (TPSA) is 58.8 Å². The Morgan fingerprint density at radius 2 is 1.85 bits per heavy atom. The van der Waals surface area contributed by atoms with Crippen LogP contribution in [-0.2, 0) is 11.4 Å². The number of likely N-dealkylation sites (tertiary alicyclic amines) is 1. The fraction of sp³-hybridized carbons (Fsp3) is 0.464. The van der Waals surface area contributed by atoms with Gasteiger partial charge in [-0.1, -0.05) is 49.2 Å². The third kappa shape index (κ3) is 7.51. The summed E-state index contributed by atoms with van der Waals surface area (Å²) in [5, 5.41) is 0.721. The van der Waals surface area contributed by atoms with E-state index in [2.05, 4.69) is 50.8 Å². The second-order valence-electron chi connectivity index (χ2n) is 9.81. The van der Waals surface area contributed by atoms with Crippen molar-refractivity contribution >= 4 is 23.2 Å². The highest BCUT2D eigenvalue weighted by atomic mass is 35.5. The average molecular weight is 484 g/mol. The van der Waals surface area contributed by atoms with Gasteiger partial charge in [-0.2, -0.15) is 0 Å². The van der Waals surface area contributed by atoms with Gasteiger partial charge in [-0.3, -0.25) is 4.79 Å². The highest BCUT2D eigenvalue weighted by Gasteiger charge is 2.32. The van der Waals surface area contributed by atoms with E-state index in [0.717, 1.165) is 48.0 Å². The van der Waals surface area contributed by atoms with Crippen LogP contribution in [0.1, 0.15) is 46.1 Å². The summed E-state index contributed by atoms with van der Waals surface area (Å²) in [6.45, 7) is 11.2. The Hall–Kier alpha value is -2.50. The minimum atomic E-state index is -0.415. The van der Waals surface area contributed by atoms with Gasteiger partial charge in [-0.05, 0) is 74.6 Å². The standard InChI is InChI=1S/C28H38ClN3O2/c1-20(2)13-16-32(25-14-15-31(18-25)28(33)27(30)17-21(3)4)24-9-11-26(12-10-24)34-19-22-5-7-23(29)8-6-22/h5-13,21,25,27H,14-19,30H2,1-4H3/t25?,27-/m0/s1. The van der Waals surface area contributed by atoms with E-state index in [-0.39, 0.29) is 11.9 Å². The third-order valence-electron chi connectivity index (χ3n) is 6.14. The number of ether oxygens (including phenoxy) is 1. The monoisotopic (exact) mass is 483 g/mol. The van der Waals surface area contributed by atoms with E-state index in [1.807, 2.05) is 41.3 Å². The average Bonchev–Trinajstić information content (AvgIpc) is 3.28. The van der Waals surface area contributed by atoms with Gasteiger partial charge in [0, 0.05) is 36.4 Å². The molecule has 184 valence electrons. The number of nitrogens with two attached hydrogens (primary N) is 1. The van der Waals surface area contributed by atoms with Crippen LogP contribution in [0.15, 0.2) is 60.2 Å². The van der Waals surface area contributed by atoms with Gasteiger partial charge < -0.3 is 20.3 Å². The predicted molar refractivity (Wildman–Crippen MR) is 141 cm³/mol. The highest BCUT2D eigenvalue weighted by molar-refractivity contribution is 6.30. The second-order valence-corrected chi connectivity index (χ2v) is 10.2. The molecule has 2 atom stereocenters. The normalized spacial score (nSPS) is 16.4. The predicted octanol–water partition coefficient (Wildman–Crippen LogP) is 5.67. The Morgan fingerprint density at radius 3 is 2.47 bits per heavy atom. The van der Waals surface area contributed by atoms with Gasteiger partial charge in [-0.15, -0.1) is 0 Å². The molecule has 2 aromatic carbocycles. The first kappa shape index (κ1) is 26.1. The molecule has 0 aliphatic carbocycles. The van der Waals surface area contributed by atoms with Crippen LogP contribution in [0.3, 0.4) is 0 Å². The third-order valence-corrected chi connectivity index (χ3v) is 6.39. The summed E-state index contributed by atoms with van der Waals surface area (Å²) in [6, 6.07) is 15.8. The minimum Gasteiger partial charge on any atom is -0.489 e. The van der Waals surface area contributed by atoms with Crippen LogP contribution in [0.5, 0.6) is 5.75 Å². The van der Waals surface area contributed by atoms with Gasteiger partial charge in [-0.25, -0.2) is 0 Å². The number of hydrogen-bond donors (Lipinski definition) is 1. The molecule has 5 nitrogen and oxygen atoms in total. The molecule has 2 aromatic rings. The van der Waals surface area contributed by atoms with E-state index >= 15 is 0 Å². The molecular formula is C28H38ClN3O2. The Bertz CT molecular complexity index is 953. The van der Waals surface area contributed by atoms with Gasteiger partial charge in [0.25, 0.3) is 0 Å². The number of nitrogens with zero attached hydrogens (tertiary/aromatic N) is 2. The molecular weight excluding hydrogens is 446 g/mol. The van der Waals surface area contributed by atoms with Gasteiger partial charge in [0.15, 0.2) is 0 Å². The summed E-state index contributed by atoms with van der Waals surface area (Å²) >= 11 is 5.96. The summed E-state index contributed by atoms with van der Waals surface area (Å²) in [7, 11) is 0. The number of allylic oxidation sites excluding steroid dienone is 1. The Morgan fingerprint density at radius 1 is 1.18 bits per heavy atom. The maximum atomic E-state index is 12.9. The minimum absolute atomic E-state index is 0.0734. The van der Waals surface area contributed by atoms with E-state index in [1.54, 1.807) is 0 Å². The maximum absolute atomic E-state index is 12.9. The van der Waals surface area contributed by atoms with E-state index in [0.29, 0.717) is 19.1 Å². The van der Waals surface area contributed by atoms with Gasteiger partial charge in [0.1, 0.15) is 12.4 Å². The molecule has 3 rings (SSSR count). The number of anilines is 1. The summed E-state index contributed by atoms with van der Waals surface area (Å²) in [5.74, 6) is 1.31. The first-order chi connectivity index (χ1) is 16.2. The van der Waals surface area contributed by atoms with E-state index in [9.17, 15) is 4.79 Å². The number of benzene rings is 2. The maximum Gasteiger partial charge on any atom is 0.239 e. The Balaban J connectivity index is 1.66. The van der Waals surface area contributed by atoms with Crippen LogP contribution in [0.4, 0.5) is 5.69 Å². The van der Waals surface area contributed by atoms with Crippen LogP contribution in [0.2, 0.25) is 5.02 Å². The molecule has 1 heterocycles. The van der Waals surface area contributed by atoms with Crippen molar-refractivity contribution in [2.75, 3.05) is 24.5 Å². The fourth-order valence-electron chi connectivity index (χ4n) is 4.27. The number of halogens is 1. The summed E-state index contributed by atoms with van der Waals surface area (Å²) in [5.41, 5.74) is 9.67. The molecule has 1 amide bonds. The molecule has 0 saturated carbocycles. The lowest BCUT2D eigenvalue weighted by atomic mass is 10.0. The van der Waals surface area contributed by atoms with Crippen LogP contribution in [0, 0.1) is 5.92 Å². The van der Waals surface area contributed by atoms with Crippen molar-refractivity contribution in [1.29, 1.82) is 0 Å². The van der Waals surface area contributed by atoms with Crippen molar-refractivity contribution in [3.63, 3.8) is 0 Å². The molecule has 1 saturated heterocycles. The van der Waals surface area contributed by atoms with Gasteiger partial charge >= 0.3 is 0 Å². The van der Waals surface area contributed by atoms with E-state index in [4.69, 9.17) is 22.1 Å². The molecule has 34 heavy (non-hydrogen) atoms. The molecule has 1 unspecified atom stereocenters. The zero-order valence-corrected chi connectivity index (χ0v) is 21.6. The van der Waals surface area contributed by atoms with Crippen LogP contribution in [0.25, 0.3) is 0 Å². The SMILES string of the molecule is CC(C)=CCN(c1ccc(OCc2ccc(Cl)cc2)cc1)C1CCN(C(=O)[C@@H](N)CC(C)C)C1. The van der Waals surface area contributed by atoms with Crippen LogP contribution >= 0.6 is 11.6 Å². The second kappa shape index (κ2) is 12.3. The number of hydrogen-bond acceptors (Lipinski definition) is 4. The van der Waals surface area contributed by atoms with Gasteiger partial charge in [0.2, 0.25) is 5.91 Å². The smallest absolute Gasteiger partial charge is 0.239 e. The quantitative estimate of drug-likeness (QED) is 0.442. The van der Waals surface area contributed by atoms with Crippen molar-refractivity contribution in [3.05, 3.63) is 70.8 Å². The summed E-state index contributed by atoms with van der Waals surface area (Å²) in [4.78, 5) is 17.2. The highest BCUT2D eigenvalue weighted by Crippen LogP contribution is 2.27. The van der Waals surface area contributed by atoms with Crippen molar-refractivity contribution in [1.82, 2.24) is 4.90 Å². The molecule has 2 N–H and O–H groups in total. The van der Waals surface area contributed by atoms with Crippen LogP contribution < -0.4 is 15.4 Å². The first-order valence-electron chi connectivity index (χ1n) is 12.1. The van der Waals surface area contributed by atoms with Gasteiger partial charge in [0.05, 0.1) is 6.04 Å². The molecule has 0 bridgehead atoms. The summed E-state index contributed by atoms with van der Waals surface area (Å²) < 4.78 is 5.96. The van der Waals surface area contributed by atoms with E-state index < -0.39 is 6.04 Å². The molecule has 0 aromatic heterocycles. The number of rotatable bonds is 10. The molecule has 6 heteroatoms. The number of carbonyl (C=O) groups is 1. The van der Waals surface area contributed by atoms with Crippen molar-refractivity contribution in [2.45, 2.75) is 59.2 Å². The summed E-state index contributed by atoms with van der Waals surface area (Å²) in [6.07, 6.45) is 3.89. The zero-order chi connectivity index (χ0) is 24.7. The lowest BCUT2D eigenvalue weighted by Crippen LogP contribution is -2.45. The Kier molecular flexibility index (Phi) is 9.43. The zero-order valence-electron chi connectivity index (χ0n) is 20.8. The molecule has 1 aliphatic heterocycles. The molecule has 1 aliphatic rings. The molecule has 0 radical (unpaired) electrons. The lowest BCUT2D eigenvalue weighted by molar-refractivity contribution is -0.131. The van der Waals surface area contributed by atoms with Crippen molar-refractivity contribution in [3.8, 4) is 5.75 Å². The van der Waals surface area contributed by atoms with E-state index in [1.165, 1.54) is 5.57 Å². The number of amides is 1. The van der Waals surface area contributed by atoms with Crippen LogP contribution in [-0.4, -0.2) is 42.5 Å². The fourth-order valence-corrected chi connectivity index (χ4v) is 4.39. The molecule has 0 spiro atoms. The van der Waals surface area contributed by atoms with Crippen molar-refractivity contribution in [2.24, 2.45) is 11.7 Å². The first-order valence-corrected chi connectivity index (χ1v) is 12.5. The lowest BCUT2D eigenvalue weighted by Gasteiger charge is -2.31. The Labute approximate surface area is 209 Å². The molecule has 1 fully saturated rings. The largest absolute Gasteiger partial charge is 0.489 e. The number of carbonyl (C=O) groups excluding carboxylic acids is 1. The van der Waals surface area contributed by atoms with Crippen molar-refractivity contribution < 1.29 is 9.53 Å².